The fourth-order valence-corrected chi connectivity index (χ4v) is 2.87. The van der Waals surface area contributed by atoms with Gasteiger partial charge < -0.3 is 5.32 Å². The number of hydrogen-bond donors (Lipinski definition) is 1. The van der Waals surface area contributed by atoms with Crippen LogP contribution in [0.1, 0.15) is 24.5 Å². The van der Waals surface area contributed by atoms with E-state index in [1.54, 1.807) is 18.3 Å². The molecule has 1 saturated carbocycles. The molecule has 1 aromatic carbocycles. The predicted octanol–water partition coefficient (Wildman–Crippen LogP) is 3.50. The molecule has 1 N–H and O–H groups in total. The normalized spacial score (nSPS) is 14.1. The molecule has 0 unspecified atom stereocenters. The Kier molecular flexibility index (Phi) is 3.00. The first-order valence-electron chi connectivity index (χ1n) is 7.46. The van der Waals surface area contributed by atoms with Gasteiger partial charge in [-0.05, 0) is 18.9 Å². The standard InChI is InChI=1S/C16H15N5O2/c1-20-14(10-5-6-10)9-15(19-20)18-16-12-3-2-4-13(21(22)23)11(12)7-8-17-16/h2-4,7-10H,5-6H2,1H3,(H,17,18,19). The largest absolute Gasteiger partial charge is 0.323 e. The van der Waals surface area contributed by atoms with E-state index in [0.29, 0.717) is 28.3 Å². The average Bonchev–Trinajstić information content (AvgIpc) is 3.31. The van der Waals surface area contributed by atoms with Gasteiger partial charge in [0.15, 0.2) is 5.82 Å². The Morgan fingerprint density at radius 1 is 1.30 bits per heavy atom. The minimum atomic E-state index is -0.377. The quantitative estimate of drug-likeness (QED) is 0.589. The van der Waals surface area contributed by atoms with Crippen molar-refractivity contribution in [1.29, 1.82) is 0 Å². The summed E-state index contributed by atoms with van der Waals surface area (Å²) >= 11 is 0. The number of hydrogen-bond acceptors (Lipinski definition) is 5. The topological polar surface area (TPSA) is 85.9 Å². The molecule has 0 radical (unpaired) electrons. The summed E-state index contributed by atoms with van der Waals surface area (Å²) < 4.78 is 1.88. The zero-order chi connectivity index (χ0) is 16.0. The average molecular weight is 309 g/mol. The number of rotatable bonds is 4. The Labute approximate surface area is 132 Å². The molecule has 2 heterocycles. The lowest BCUT2D eigenvalue weighted by Gasteiger charge is -2.06. The van der Waals surface area contributed by atoms with E-state index in [9.17, 15) is 10.1 Å². The van der Waals surface area contributed by atoms with Gasteiger partial charge in [-0.25, -0.2) is 4.98 Å². The number of non-ortho nitro benzene ring substituents is 1. The Morgan fingerprint density at radius 2 is 2.13 bits per heavy atom. The van der Waals surface area contributed by atoms with Crippen molar-refractivity contribution in [3.8, 4) is 0 Å². The van der Waals surface area contributed by atoms with Crippen LogP contribution in [-0.2, 0) is 7.05 Å². The van der Waals surface area contributed by atoms with Crippen LogP contribution in [0.25, 0.3) is 10.8 Å². The summed E-state index contributed by atoms with van der Waals surface area (Å²) in [6.45, 7) is 0. The van der Waals surface area contributed by atoms with Crippen LogP contribution in [-0.4, -0.2) is 19.7 Å². The second kappa shape index (κ2) is 5.05. The van der Waals surface area contributed by atoms with E-state index in [2.05, 4.69) is 15.4 Å². The lowest BCUT2D eigenvalue weighted by Crippen LogP contribution is -1.98. The predicted molar refractivity (Wildman–Crippen MR) is 86.9 cm³/mol. The summed E-state index contributed by atoms with van der Waals surface area (Å²) in [4.78, 5) is 15.1. The fraction of sp³-hybridized carbons (Fsp3) is 0.250. The maximum Gasteiger partial charge on any atom is 0.277 e. The molecule has 2 aromatic heterocycles. The zero-order valence-electron chi connectivity index (χ0n) is 12.6. The van der Waals surface area contributed by atoms with Gasteiger partial charge in [-0.3, -0.25) is 14.8 Å². The number of nitrogens with zero attached hydrogens (tertiary/aromatic N) is 4. The summed E-state index contributed by atoms with van der Waals surface area (Å²) in [5.74, 6) is 1.89. The maximum atomic E-state index is 11.2. The van der Waals surface area contributed by atoms with E-state index in [1.165, 1.54) is 24.6 Å². The SMILES string of the molecule is Cn1nc(Nc2nccc3c([N+](=O)[O-])cccc23)cc1C1CC1. The highest BCUT2D eigenvalue weighted by atomic mass is 16.6. The highest BCUT2D eigenvalue weighted by Crippen LogP contribution is 2.41. The third kappa shape index (κ3) is 2.40. The highest BCUT2D eigenvalue weighted by molar-refractivity contribution is 5.98. The molecule has 7 nitrogen and oxygen atoms in total. The zero-order valence-corrected chi connectivity index (χ0v) is 12.6. The first-order valence-corrected chi connectivity index (χ1v) is 7.46. The number of anilines is 2. The minimum Gasteiger partial charge on any atom is -0.323 e. The third-order valence-corrected chi connectivity index (χ3v) is 4.14. The Morgan fingerprint density at radius 3 is 2.87 bits per heavy atom. The molecular formula is C16H15N5O2. The van der Waals surface area contributed by atoms with Crippen LogP contribution in [0.4, 0.5) is 17.3 Å². The molecule has 0 aliphatic heterocycles. The van der Waals surface area contributed by atoms with Gasteiger partial charge >= 0.3 is 0 Å². The van der Waals surface area contributed by atoms with Crippen LogP contribution in [0, 0.1) is 10.1 Å². The molecular weight excluding hydrogens is 294 g/mol. The molecule has 4 rings (SSSR count). The van der Waals surface area contributed by atoms with Gasteiger partial charge in [0.05, 0.1) is 10.3 Å². The van der Waals surface area contributed by atoms with Crippen molar-refractivity contribution in [2.45, 2.75) is 18.8 Å². The van der Waals surface area contributed by atoms with Crippen LogP contribution >= 0.6 is 0 Å². The summed E-state index contributed by atoms with van der Waals surface area (Å²) in [6, 6.07) is 8.67. The number of aryl methyl sites for hydroxylation is 1. The third-order valence-electron chi connectivity index (χ3n) is 4.14. The van der Waals surface area contributed by atoms with E-state index < -0.39 is 0 Å². The number of nitro groups is 1. The molecule has 0 amide bonds. The molecule has 0 spiro atoms. The van der Waals surface area contributed by atoms with Crippen molar-refractivity contribution in [1.82, 2.24) is 14.8 Å². The van der Waals surface area contributed by atoms with Gasteiger partial charge in [-0.1, -0.05) is 12.1 Å². The van der Waals surface area contributed by atoms with E-state index in [0.717, 1.165) is 0 Å². The van der Waals surface area contributed by atoms with Gasteiger partial charge in [0.1, 0.15) is 5.82 Å². The van der Waals surface area contributed by atoms with Gasteiger partial charge in [-0.15, -0.1) is 0 Å². The first-order chi connectivity index (χ1) is 11.1. The summed E-state index contributed by atoms with van der Waals surface area (Å²) in [5.41, 5.74) is 1.28. The van der Waals surface area contributed by atoms with E-state index >= 15 is 0 Å². The van der Waals surface area contributed by atoms with E-state index in [1.807, 2.05) is 23.9 Å². The summed E-state index contributed by atoms with van der Waals surface area (Å²) in [5, 5.41) is 20.1. The molecule has 0 bridgehead atoms. The van der Waals surface area contributed by atoms with Crippen molar-refractivity contribution in [2.75, 3.05) is 5.32 Å². The minimum absolute atomic E-state index is 0.0765. The Balaban J connectivity index is 1.75. The van der Waals surface area contributed by atoms with Crippen LogP contribution in [0.2, 0.25) is 0 Å². The number of nitrogens with one attached hydrogen (secondary N) is 1. The maximum absolute atomic E-state index is 11.2. The molecule has 7 heteroatoms. The van der Waals surface area contributed by atoms with Crippen LogP contribution in [0.15, 0.2) is 36.5 Å². The summed E-state index contributed by atoms with van der Waals surface area (Å²) in [7, 11) is 1.93. The van der Waals surface area contributed by atoms with Gasteiger partial charge in [0, 0.05) is 42.4 Å². The molecule has 116 valence electrons. The molecule has 1 fully saturated rings. The Bertz CT molecular complexity index is 914. The van der Waals surface area contributed by atoms with Gasteiger partial charge in [0.2, 0.25) is 0 Å². The molecule has 3 aromatic rings. The van der Waals surface area contributed by atoms with Crippen molar-refractivity contribution in [3.63, 3.8) is 0 Å². The van der Waals surface area contributed by atoms with Crippen LogP contribution in [0.5, 0.6) is 0 Å². The first kappa shape index (κ1) is 13.7. The lowest BCUT2D eigenvalue weighted by atomic mass is 10.1. The smallest absolute Gasteiger partial charge is 0.277 e. The van der Waals surface area contributed by atoms with Crippen molar-refractivity contribution in [3.05, 3.63) is 52.3 Å². The Hall–Kier alpha value is -2.96. The molecule has 0 saturated heterocycles. The lowest BCUT2D eigenvalue weighted by molar-refractivity contribution is -0.383. The van der Waals surface area contributed by atoms with E-state index in [4.69, 9.17) is 0 Å². The molecule has 23 heavy (non-hydrogen) atoms. The van der Waals surface area contributed by atoms with Crippen LogP contribution in [0.3, 0.4) is 0 Å². The number of fused-ring (bicyclic) bond motifs is 1. The monoisotopic (exact) mass is 309 g/mol. The van der Waals surface area contributed by atoms with Crippen molar-refractivity contribution >= 4 is 28.1 Å². The molecule has 1 aliphatic carbocycles. The number of benzene rings is 1. The second-order valence-electron chi connectivity index (χ2n) is 5.77. The molecule has 0 atom stereocenters. The van der Waals surface area contributed by atoms with Crippen LogP contribution < -0.4 is 5.32 Å². The van der Waals surface area contributed by atoms with Gasteiger partial charge in [-0.2, -0.15) is 5.10 Å². The molecule has 1 aliphatic rings. The van der Waals surface area contributed by atoms with Gasteiger partial charge in [0.25, 0.3) is 5.69 Å². The second-order valence-corrected chi connectivity index (χ2v) is 5.77. The van der Waals surface area contributed by atoms with Crippen molar-refractivity contribution < 1.29 is 4.92 Å². The van der Waals surface area contributed by atoms with Crippen molar-refractivity contribution in [2.24, 2.45) is 7.05 Å². The number of aromatic nitrogens is 3. The highest BCUT2D eigenvalue weighted by Gasteiger charge is 2.27. The van der Waals surface area contributed by atoms with E-state index in [-0.39, 0.29) is 10.6 Å². The fourth-order valence-electron chi connectivity index (χ4n) is 2.87. The summed E-state index contributed by atoms with van der Waals surface area (Å²) in [6.07, 6.45) is 3.98. The number of nitro benzene ring substituents is 1. The number of pyridine rings is 1.